The summed E-state index contributed by atoms with van der Waals surface area (Å²) in [6, 6.07) is 7.18. The number of amides is 1. The Hall–Kier alpha value is -2.74. The molecule has 3 aromatic rings. The first-order valence-electron chi connectivity index (χ1n) is 6.83. The summed E-state index contributed by atoms with van der Waals surface area (Å²) >= 11 is 6.13. The summed E-state index contributed by atoms with van der Waals surface area (Å²) in [5, 5.41) is 18.6. The van der Waals surface area contributed by atoms with E-state index in [4.69, 9.17) is 11.6 Å². The van der Waals surface area contributed by atoms with Gasteiger partial charge in [0.15, 0.2) is 11.5 Å². The highest BCUT2D eigenvalue weighted by Gasteiger charge is 2.18. The van der Waals surface area contributed by atoms with Crippen LogP contribution in [0.1, 0.15) is 22.0 Å². The summed E-state index contributed by atoms with van der Waals surface area (Å²) in [5.41, 5.74) is 2.26. The van der Waals surface area contributed by atoms with E-state index in [9.17, 15) is 4.79 Å². The van der Waals surface area contributed by atoms with E-state index in [1.54, 1.807) is 48.5 Å². The summed E-state index contributed by atoms with van der Waals surface area (Å²) in [7, 11) is 1.74. The quantitative estimate of drug-likeness (QED) is 0.791. The number of nitrogens with one attached hydrogen (secondary N) is 1. The smallest absolute Gasteiger partial charge is 0.277 e. The lowest BCUT2D eigenvalue weighted by Crippen LogP contribution is -2.14. The SMILES string of the molecule is Cc1c(Cl)c(C(=O)Nc2cccc(-n3nnnc3C)c2)nn1C. The molecule has 0 aliphatic heterocycles. The van der Waals surface area contributed by atoms with Crippen LogP contribution in [0.5, 0.6) is 0 Å². The van der Waals surface area contributed by atoms with Crippen molar-refractivity contribution in [3.63, 3.8) is 0 Å². The minimum Gasteiger partial charge on any atom is -0.320 e. The molecule has 0 atom stereocenters. The molecule has 2 aromatic heterocycles. The van der Waals surface area contributed by atoms with E-state index in [1.807, 2.05) is 6.07 Å². The van der Waals surface area contributed by atoms with Crippen LogP contribution in [0.2, 0.25) is 5.02 Å². The van der Waals surface area contributed by atoms with Crippen LogP contribution in [0, 0.1) is 13.8 Å². The van der Waals surface area contributed by atoms with Gasteiger partial charge in [-0.05, 0) is 42.5 Å². The first-order chi connectivity index (χ1) is 11.0. The van der Waals surface area contributed by atoms with Crippen molar-refractivity contribution < 1.29 is 4.79 Å². The van der Waals surface area contributed by atoms with E-state index in [0.717, 1.165) is 11.4 Å². The molecule has 3 rings (SSSR count). The molecule has 0 fully saturated rings. The highest BCUT2D eigenvalue weighted by atomic mass is 35.5. The average Bonchev–Trinajstić information content (AvgIpc) is 3.06. The van der Waals surface area contributed by atoms with Crippen molar-refractivity contribution in [1.82, 2.24) is 30.0 Å². The number of anilines is 1. The number of aryl methyl sites for hydroxylation is 2. The second-order valence-electron chi connectivity index (χ2n) is 5.01. The molecule has 0 saturated heterocycles. The monoisotopic (exact) mass is 331 g/mol. The molecule has 2 heterocycles. The molecule has 23 heavy (non-hydrogen) atoms. The molecule has 9 heteroatoms. The lowest BCUT2D eigenvalue weighted by Gasteiger charge is -2.07. The third-order valence-corrected chi connectivity index (χ3v) is 3.90. The Balaban J connectivity index is 1.87. The molecule has 0 spiro atoms. The number of benzene rings is 1. The zero-order valence-electron chi connectivity index (χ0n) is 12.8. The predicted molar refractivity (Wildman–Crippen MR) is 84.8 cm³/mol. The zero-order chi connectivity index (χ0) is 16.6. The molecule has 1 N–H and O–H groups in total. The minimum atomic E-state index is -0.371. The highest BCUT2D eigenvalue weighted by molar-refractivity contribution is 6.34. The van der Waals surface area contributed by atoms with E-state index in [-0.39, 0.29) is 11.6 Å². The van der Waals surface area contributed by atoms with Crippen molar-refractivity contribution in [2.45, 2.75) is 13.8 Å². The van der Waals surface area contributed by atoms with Crippen LogP contribution in [0.25, 0.3) is 5.69 Å². The fourth-order valence-electron chi connectivity index (χ4n) is 2.10. The van der Waals surface area contributed by atoms with Gasteiger partial charge in [-0.1, -0.05) is 17.7 Å². The number of halogens is 1. The zero-order valence-corrected chi connectivity index (χ0v) is 13.5. The van der Waals surface area contributed by atoms with E-state index < -0.39 is 0 Å². The molecule has 0 bridgehead atoms. The van der Waals surface area contributed by atoms with Crippen LogP contribution in [-0.4, -0.2) is 35.9 Å². The Kier molecular flexibility index (Phi) is 3.83. The van der Waals surface area contributed by atoms with E-state index >= 15 is 0 Å². The lowest BCUT2D eigenvalue weighted by atomic mass is 10.2. The Morgan fingerprint density at radius 2 is 2.09 bits per heavy atom. The molecule has 0 aliphatic carbocycles. The topological polar surface area (TPSA) is 90.5 Å². The van der Waals surface area contributed by atoms with Gasteiger partial charge in [-0.2, -0.15) is 9.78 Å². The average molecular weight is 332 g/mol. The van der Waals surface area contributed by atoms with Gasteiger partial charge in [-0.3, -0.25) is 9.48 Å². The number of carbonyl (C=O) groups is 1. The maximum atomic E-state index is 12.3. The first kappa shape index (κ1) is 15.2. The van der Waals surface area contributed by atoms with Gasteiger partial charge in [0.2, 0.25) is 0 Å². The van der Waals surface area contributed by atoms with E-state index in [1.165, 1.54) is 0 Å². The van der Waals surface area contributed by atoms with Crippen LogP contribution in [0.3, 0.4) is 0 Å². The summed E-state index contributed by atoms with van der Waals surface area (Å²) in [5.74, 6) is 0.279. The Morgan fingerprint density at radius 3 is 2.70 bits per heavy atom. The summed E-state index contributed by atoms with van der Waals surface area (Å²) in [6.45, 7) is 3.59. The second kappa shape index (κ2) is 5.81. The Morgan fingerprint density at radius 1 is 1.30 bits per heavy atom. The van der Waals surface area contributed by atoms with Gasteiger partial charge in [0.05, 0.1) is 16.4 Å². The molecule has 0 radical (unpaired) electrons. The van der Waals surface area contributed by atoms with Crippen molar-refractivity contribution in [3.8, 4) is 5.69 Å². The summed E-state index contributed by atoms with van der Waals surface area (Å²) < 4.78 is 3.14. The minimum absolute atomic E-state index is 0.190. The third-order valence-electron chi connectivity index (χ3n) is 3.45. The summed E-state index contributed by atoms with van der Waals surface area (Å²) in [4.78, 5) is 12.3. The number of aromatic nitrogens is 6. The maximum absolute atomic E-state index is 12.3. The number of nitrogens with zero attached hydrogens (tertiary/aromatic N) is 6. The van der Waals surface area contributed by atoms with Crippen molar-refractivity contribution in [3.05, 3.63) is 46.5 Å². The third kappa shape index (κ3) is 2.80. The summed E-state index contributed by atoms with van der Waals surface area (Å²) in [6.07, 6.45) is 0. The number of hydrogen-bond acceptors (Lipinski definition) is 5. The van der Waals surface area contributed by atoms with Crippen molar-refractivity contribution in [1.29, 1.82) is 0 Å². The molecule has 1 amide bonds. The van der Waals surface area contributed by atoms with E-state index in [2.05, 4.69) is 25.9 Å². The van der Waals surface area contributed by atoms with Crippen LogP contribution >= 0.6 is 11.6 Å². The molecule has 1 aromatic carbocycles. The van der Waals surface area contributed by atoms with E-state index in [0.29, 0.717) is 16.5 Å². The van der Waals surface area contributed by atoms with Crippen molar-refractivity contribution in [2.24, 2.45) is 7.05 Å². The largest absolute Gasteiger partial charge is 0.320 e. The lowest BCUT2D eigenvalue weighted by molar-refractivity contribution is 0.102. The molecule has 0 aliphatic rings. The maximum Gasteiger partial charge on any atom is 0.277 e. The molecular weight excluding hydrogens is 318 g/mol. The standard InChI is InChI=1S/C14H14ClN7O/c1-8-12(15)13(18-21(8)3)14(23)16-10-5-4-6-11(7-10)22-9(2)17-19-20-22/h4-7H,1-3H3,(H,16,23). The predicted octanol–water partition coefficient (Wildman–Crippen LogP) is 1.92. The molecular formula is C14H14ClN7O. The number of rotatable bonds is 3. The second-order valence-corrected chi connectivity index (χ2v) is 5.39. The van der Waals surface area contributed by atoms with Gasteiger partial charge < -0.3 is 5.32 Å². The molecule has 118 valence electrons. The van der Waals surface area contributed by atoms with Gasteiger partial charge in [0.1, 0.15) is 0 Å². The van der Waals surface area contributed by atoms with Gasteiger partial charge in [-0.15, -0.1) is 5.10 Å². The Labute approximate surface area is 137 Å². The molecule has 0 unspecified atom stereocenters. The Bertz CT molecular complexity index is 883. The van der Waals surface area contributed by atoms with Crippen molar-refractivity contribution >= 4 is 23.2 Å². The number of hydrogen-bond donors (Lipinski definition) is 1. The van der Waals surface area contributed by atoms with Gasteiger partial charge in [-0.25, -0.2) is 0 Å². The fourth-order valence-corrected chi connectivity index (χ4v) is 2.35. The molecule has 8 nitrogen and oxygen atoms in total. The van der Waals surface area contributed by atoms with Crippen LogP contribution in [0.4, 0.5) is 5.69 Å². The van der Waals surface area contributed by atoms with Crippen LogP contribution < -0.4 is 5.32 Å². The highest BCUT2D eigenvalue weighted by Crippen LogP contribution is 2.21. The number of carbonyl (C=O) groups excluding carboxylic acids is 1. The first-order valence-corrected chi connectivity index (χ1v) is 7.21. The van der Waals surface area contributed by atoms with Gasteiger partial charge in [0, 0.05) is 12.7 Å². The van der Waals surface area contributed by atoms with Gasteiger partial charge in [0.25, 0.3) is 5.91 Å². The van der Waals surface area contributed by atoms with Crippen LogP contribution in [0.15, 0.2) is 24.3 Å². The normalized spacial score (nSPS) is 10.8. The molecule has 0 saturated carbocycles. The van der Waals surface area contributed by atoms with Crippen molar-refractivity contribution in [2.75, 3.05) is 5.32 Å². The van der Waals surface area contributed by atoms with Crippen LogP contribution in [-0.2, 0) is 7.05 Å². The fraction of sp³-hybridized carbons (Fsp3) is 0.214. The van der Waals surface area contributed by atoms with Gasteiger partial charge >= 0.3 is 0 Å². The number of tetrazole rings is 1.